The third-order valence-corrected chi connectivity index (χ3v) is 3.42. The van der Waals surface area contributed by atoms with Crippen LogP contribution < -0.4 is 4.74 Å². The standard InChI is InChI=1S/C16H22N2O5/c1-4-7-14(19)12-8-9-15(13(10-12)18(21)22)23-11-16(20)17(5-2)6-3/h8-10H,4-7,11H2,1-3H3. The smallest absolute Gasteiger partial charge is 0.311 e. The van der Waals surface area contributed by atoms with E-state index in [1.807, 2.05) is 20.8 Å². The predicted octanol–water partition coefficient (Wildman–Crippen LogP) is 2.82. The van der Waals surface area contributed by atoms with Gasteiger partial charge in [-0.1, -0.05) is 6.92 Å². The number of nitro benzene ring substituents is 1. The number of carbonyl (C=O) groups excluding carboxylic acids is 2. The van der Waals surface area contributed by atoms with E-state index in [1.54, 1.807) is 4.90 Å². The highest BCUT2D eigenvalue weighted by Crippen LogP contribution is 2.28. The highest BCUT2D eigenvalue weighted by atomic mass is 16.6. The SMILES string of the molecule is CCCC(=O)c1ccc(OCC(=O)N(CC)CC)c([N+](=O)[O-])c1. The largest absolute Gasteiger partial charge is 0.477 e. The summed E-state index contributed by atoms with van der Waals surface area (Å²) in [6, 6.07) is 4.06. The van der Waals surface area contributed by atoms with Gasteiger partial charge in [0.05, 0.1) is 4.92 Å². The van der Waals surface area contributed by atoms with Crippen LogP contribution in [0.1, 0.15) is 44.0 Å². The van der Waals surface area contributed by atoms with Gasteiger partial charge in [0.1, 0.15) is 0 Å². The van der Waals surface area contributed by atoms with Crippen molar-refractivity contribution in [1.29, 1.82) is 0 Å². The Balaban J connectivity index is 2.92. The molecule has 0 aliphatic carbocycles. The van der Waals surface area contributed by atoms with Crippen molar-refractivity contribution in [3.05, 3.63) is 33.9 Å². The second-order valence-electron chi connectivity index (χ2n) is 4.97. The molecule has 1 aromatic rings. The van der Waals surface area contributed by atoms with E-state index in [-0.39, 0.29) is 35.3 Å². The van der Waals surface area contributed by atoms with Crippen LogP contribution in [0.4, 0.5) is 5.69 Å². The molecular formula is C16H22N2O5. The van der Waals surface area contributed by atoms with Gasteiger partial charge in [-0.3, -0.25) is 19.7 Å². The Morgan fingerprint density at radius 2 is 1.87 bits per heavy atom. The molecule has 0 saturated carbocycles. The zero-order chi connectivity index (χ0) is 17.4. The number of ketones is 1. The van der Waals surface area contributed by atoms with Crippen molar-refractivity contribution < 1.29 is 19.2 Å². The van der Waals surface area contributed by atoms with Gasteiger partial charge in [0.15, 0.2) is 18.1 Å². The van der Waals surface area contributed by atoms with E-state index >= 15 is 0 Å². The van der Waals surface area contributed by atoms with Crippen LogP contribution in [0.15, 0.2) is 18.2 Å². The molecule has 0 aliphatic heterocycles. The van der Waals surface area contributed by atoms with Gasteiger partial charge in [-0.2, -0.15) is 0 Å². The third kappa shape index (κ3) is 5.05. The fourth-order valence-electron chi connectivity index (χ4n) is 2.13. The Kier molecular flexibility index (Phi) is 7.18. The summed E-state index contributed by atoms with van der Waals surface area (Å²) >= 11 is 0. The summed E-state index contributed by atoms with van der Waals surface area (Å²) in [5.74, 6) is -0.402. The molecule has 0 aliphatic rings. The van der Waals surface area contributed by atoms with Gasteiger partial charge in [0.2, 0.25) is 0 Å². The van der Waals surface area contributed by atoms with Crippen molar-refractivity contribution in [2.24, 2.45) is 0 Å². The number of hydrogen-bond donors (Lipinski definition) is 0. The molecule has 1 rings (SSSR count). The molecule has 0 spiro atoms. The Labute approximate surface area is 135 Å². The molecular weight excluding hydrogens is 300 g/mol. The van der Waals surface area contributed by atoms with Crippen LogP contribution in [0, 0.1) is 10.1 Å². The van der Waals surface area contributed by atoms with Crippen LogP contribution in [-0.2, 0) is 4.79 Å². The van der Waals surface area contributed by atoms with Crippen molar-refractivity contribution in [2.75, 3.05) is 19.7 Å². The molecule has 0 unspecified atom stereocenters. The molecule has 0 fully saturated rings. The second kappa shape index (κ2) is 8.87. The summed E-state index contributed by atoms with van der Waals surface area (Å²) in [5, 5.41) is 11.2. The number of likely N-dealkylation sites (N-methyl/N-ethyl adjacent to an activating group) is 1. The molecule has 126 valence electrons. The average Bonchev–Trinajstić information content (AvgIpc) is 2.54. The number of nitrogens with zero attached hydrogens (tertiary/aromatic N) is 2. The molecule has 1 amide bonds. The van der Waals surface area contributed by atoms with Crippen LogP contribution in [0.5, 0.6) is 5.75 Å². The molecule has 0 radical (unpaired) electrons. The first-order chi connectivity index (χ1) is 10.9. The maximum atomic E-state index is 11.9. The highest BCUT2D eigenvalue weighted by molar-refractivity contribution is 5.96. The van der Waals surface area contributed by atoms with Crippen molar-refractivity contribution in [3.8, 4) is 5.75 Å². The monoisotopic (exact) mass is 322 g/mol. The quantitative estimate of drug-likeness (QED) is 0.396. The fourth-order valence-corrected chi connectivity index (χ4v) is 2.13. The van der Waals surface area contributed by atoms with Gasteiger partial charge < -0.3 is 9.64 Å². The maximum Gasteiger partial charge on any atom is 0.311 e. The second-order valence-corrected chi connectivity index (χ2v) is 4.97. The first-order valence-corrected chi connectivity index (χ1v) is 7.66. The number of rotatable bonds is 9. The van der Waals surface area contributed by atoms with Crippen LogP contribution in [-0.4, -0.2) is 41.2 Å². The van der Waals surface area contributed by atoms with Crippen molar-refractivity contribution in [2.45, 2.75) is 33.6 Å². The van der Waals surface area contributed by atoms with Crippen LogP contribution in [0.2, 0.25) is 0 Å². The first-order valence-electron chi connectivity index (χ1n) is 7.66. The van der Waals surface area contributed by atoms with Gasteiger partial charge in [-0.05, 0) is 32.4 Å². The lowest BCUT2D eigenvalue weighted by Crippen LogP contribution is -2.34. The molecule has 0 aromatic heterocycles. The van der Waals surface area contributed by atoms with Gasteiger partial charge in [0.25, 0.3) is 5.91 Å². The lowest BCUT2D eigenvalue weighted by molar-refractivity contribution is -0.385. The van der Waals surface area contributed by atoms with E-state index in [0.717, 1.165) is 0 Å². The predicted molar refractivity (Wildman–Crippen MR) is 85.8 cm³/mol. The van der Waals surface area contributed by atoms with E-state index in [2.05, 4.69) is 0 Å². The lowest BCUT2D eigenvalue weighted by Gasteiger charge is -2.18. The highest BCUT2D eigenvalue weighted by Gasteiger charge is 2.20. The van der Waals surface area contributed by atoms with Crippen molar-refractivity contribution in [1.82, 2.24) is 4.90 Å². The average molecular weight is 322 g/mol. The number of nitro groups is 1. The molecule has 0 atom stereocenters. The summed E-state index contributed by atoms with van der Waals surface area (Å²) in [6.45, 7) is 6.37. The molecule has 7 heteroatoms. The third-order valence-electron chi connectivity index (χ3n) is 3.42. The summed E-state index contributed by atoms with van der Waals surface area (Å²) in [6.07, 6.45) is 1.00. The molecule has 0 N–H and O–H groups in total. The summed E-state index contributed by atoms with van der Waals surface area (Å²) in [7, 11) is 0. The van der Waals surface area contributed by atoms with Crippen LogP contribution in [0.25, 0.3) is 0 Å². The lowest BCUT2D eigenvalue weighted by atomic mass is 10.1. The maximum absolute atomic E-state index is 11.9. The molecule has 0 bridgehead atoms. The number of amides is 1. The fraction of sp³-hybridized carbons (Fsp3) is 0.500. The van der Waals surface area contributed by atoms with E-state index in [4.69, 9.17) is 4.74 Å². The molecule has 23 heavy (non-hydrogen) atoms. The minimum atomic E-state index is -0.611. The topological polar surface area (TPSA) is 89.8 Å². The van der Waals surface area contributed by atoms with Crippen LogP contribution in [0.3, 0.4) is 0 Å². The number of ether oxygens (including phenoxy) is 1. The molecule has 0 saturated heterocycles. The minimum Gasteiger partial charge on any atom is -0.477 e. The normalized spacial score (nSPS) is 10.2. The minimum absolute atomic E-state index is 0.0106. The summed E-state index contributed by atoms with van der Waals surface area (Å²) in [4.78, 5) is 35.9. The van der Waals surface area contributed by atoms with Crippen molar-refractivity contribution >= 4 is 17.4 Å². The number of carbonyl (C=O) groups is 2. The number of Topliss-reactive ketones (excluding diaryl/α,β-unsaturated/α-hetero) is 1. The molecule has 1 aromatic carbocycles. The molecule has 7 nitrogen and oxygen atoms in total. The van der Waals surface area contributed by atoms with E-state index in [0.29, 0.717) is 25.9 Å². The number of benzene rings is 1. The Morgan fingerprint density at radius 3 is 2.39 bits per heavy atom. The number of hydrogen-bond acceptors (Lipinski definition) is 5. The Hall–Kier alpha value is -2.44. The van der Waals surface area contributed by atoms with Gasteiger partial charge >= 0.3 is 5.69 Å². The van der Waals surface area contributed by atoms with E-state index in [9.17, 15) is 19.7 Å². The van der Waals surface area contributed by atoms with Crippen molar-refractivity contribution in [3.63, 3.8) is 0 Å². The Bertz CT molecular complexity index is 582. The van der Waals surface area contributed by atoms with Gasteiger partial charge in [-0.15, -0.1) is 0 Å². The summed E-state index contributed by atoms with van der Waals surface area (Å²) in [5.41, 5.74) is -0.0275. The zero-order valence-electron chi connectivity index (χ0n) is 13.7. The zero-order valence-corrected chi connectivity index (χ0v) is 13.7. The van der Waals surface area contributed by atoms with Crippen LogP contribution >= 0.6 is 0 Å². The van der Waals surface area contributed by atoms with E-state index < -0.39 is 4.92 Å². The van der Waals surface area contributed by atoms with E-state index in [1.165, 1.54) is 18.2 Å². The first kappa shape index (κ1) is 18.6. The summed E-state index contributed by atoms with van der Waals surface area (Å²) < 4.78 is 5.30. The van der Waals surface area contributed by atoms with Gasteiger partial charge in [0, 0.05) is 31.1 Å². The Morgan fingerprint density at radius 1 is 1.22 bits per heavy atom. The molecule has 0 heterocycles. The van der Waals surface area contributed by atoms with Gasteiger partial charge in [-0.25, -0.2) is 0 Å².